The molecule has 0 N–H and O–H groups in total. The molecule has 114 valence electrons. The summed E-state index contributed by atoms with van der Waals surface area (Å²) in [4.78, 5) is 2.65. The van der Waals surface area contributed by atoms with Gasteiger partial charge in [-0.05, 0) is 38.1 Å². The highest BCUT2D eigenvalue weighted by Crippen LogP contribution is 2.37. The zero-order chi connectivity index (χ0) is 14.6. The number of hydrogen-bond donors (Lipinski definition) is 0. The monoisotopic (exact) mass is 294 g/mol. The van der Waals surface area contributed by atoms with Crippen LogP contribution in [-0.4, -0.2) is 34.5 Å². The molecule has 3 atom stereocenters. The Bertz CT molecular complexity index is 347. The van der Waals surface area contributed by atoms with Crippen molar-refractivity contribution >= 4 is 11.8 Å². The van der Waals surface area contributed by atoms with Gasteiger partial charge in [0.05, 0.1) is 12.0 Å². The molecule has 0 radical (unpaired) electrons. The number of nitriles is 1. The van der Waals surface area contributed by atoms with Gasteiger partial charge in [0, 0.05) is 23.1 Å². The molecule has 20 heavy (non-hydrogen) atoms. The molecule has 1 heterocycles. The molecule has 2 rings (SSSR count). The lowest BCUT2D eigenvalue weighted by Gasteiger charge is -2.40. The van der Waals surface area contributed by atoms with Gasteiger partial charge in [0.25, 0.3) is 0 Å². The molecule has 0 amide bonds. The third-order valence-electron chi connectivity index (χ3n) is 5.13. The predicted molar refractivity (Wildman–Crippen MR) is 87.9 cm³/mol. The Morgan fingerprint density at radius 3 is 2.80 bits per heavy atom. The highest BCUT2D eigenvalue weighted by Gasteiger charge is 2.36. The van der Waals surface area contributed by atoms with Crippen molar-refractivity contribution in [3.63, 3.8) is 0 Å². The molecule has 1 saturated heterocycles. The van der Waals surface area contributed by atoms with Crippen molar-refractivity contribution in [2.24, 2.45) is 11.8 Å². The van der Waals surface area contributed by atoms with Gasteiger partial charge in [-0.15, -0.1) is 0 Å². The van der Waals surface area contributed by atoms with Crippen LogP contribution in [-0.2, 0) is 0 Å². The summed E-state index contributed by atoms with van der Waals surface area (Å²) in [6.45, 7) is 9.38. The molecule has 3 unspecified atom stereocenters. The second-order valence-electron chi connectivity index (χ2n) is 7.16. The van der Waals surface area contributed by atoms with E-state index in [2.05, 4.69) is 43.5 Å². The molecule has 1 aliphatic carbocycles. The Kier molecular flexibility index (Phi) is 5.81. The van der Waals surface area contributed by atoms with Crippen LogP contribution in [0.1, 0.15) is 59.3 Å². The summed E-state index contributed by atoms with van der Waals surface area (Å²) in [5.74, 6) is 2.35. The summed E-state index contributed by atoms with van der Waals surface area (Å²) in [6, 6.07) is 3.13. The topological polar surface area (TPSA) is 27.0 Å². The van der Waals surface area contributed by atoms with Crippen LogP contribution in [0, 0.1) is 23.2 Å². The molecule has 0 aromatic carbocycles. The first-order valence-electron chi connectivity index (χ1n) is 8.33. The summed E-state index contributed by atoms with van der Waals surface area (Å²) < 4.78 is 0.411. The first kappa shape index (κ1) is 16.2. The summed E-state index contributed by atoms with van der Waals surface area (Å²) in [5.41, 5.74) is 0. The molecule has 0 spiro atoms. The lowest BCUT2D eigenvalue weighted by molar-refractivity contribution is 0.102. The molecular formula is C17H30N2S. The minimum Gasteiger partial charge on any atom is -0.298 e. The molecule has 0 aromatic heterocycles. The zero-order valence-corrected chi connectivity index (χ0v) is 14.2. The Morgan fingerprint density at radius 2 is 2.10 bits per heavy atom. The van der Waals surface area contributed by atoms with Crippen LogP contribution < -0.4 is 0 Å². The van der Waals surface area contributed by atoms with Gasteiger partial charge in [0.15, 0.2) is 0 Å². The van der Waals surface area contributed by atoms with E-state index in [0.29, 0.717) is 10.8 Å². The second kappa shape index (κ2) is 7.18. The average Bonchev–Trinajstić information content (AvgIpc) is 2.60. The molecule has 2 aliphatic rings. The van der Waals surface area contributed by atoms with Crippen LogP contribution in [0.5, 0.6) is 0 Å². The minimum atomic E-state index is 0.273. The molecule has 2 nitrogen and oxygen atoms in total. The van der Waals surface area contributed by atoms with Gasteiger partial charge in [-0.25, -0.2) is 0 Å². The highest BCUT2D eigenvalue weighted by molar-refractivity contribution is 8.00. The van der Waals surface area contributed by atoms with E-state index >= 15 is 0 Å². The molecular weight excluding hydrogens is 264 g/mol. The molecule has 1 saturated carbocycles. The fourth-order valence-electron chi connectivity index (χ4n) is 3.82. The Hall–Kier alpha value is -0.200. The largest absolute Gasteiger partial charge is 0.298 e. The second-order valence-corrected chi connectivity index (χ2v) is 8.97. The van der Waals surface area contributed by atoms with Crippen molar-refractivity contribution in [2.45, 2.75) is 70.1 Å². The van der Waals surface area contributed by atoms with Gasteiger partial charge in [-0.3, -0.25) is 4.90 Å². The fraction of sp³-hybridized carbons (Fsp3) is 0.941. The van der Waals surface area contributed by atoms with E-state index in [1.165, 1.54) is 50.9 Å². The number of thioether (sulfide) groups is 1. The zero-order valence-electron chi connectivity index (χ0n) is 13.4. The van der Waals surface area contributed by atoms with Gasteiger partial charge >= 0.3 is 0 Å². The molecule has 1 aliphatic heterocycles. The van der Waals surface area contributed by atoms with Gasteiger partial charge in [0.2, 0.25) is 0 Å². The quantitative estimate of drug-likeness (QED) is 0.776. The Labute approximate surface area is 129 Å². The normalized spacial score (nSPS) is 35.2. The first-order valence-corrected chi connectivity index (χ1v) is 9.32. The average molecular weight is 295 g/mol. The first-order chi connectivity index (χ1) is 9.55. The summed E-state index contributed by atoms with van der Waals surface area (Å²) in [6.07, 6.45) is 7.55. The fourth-order valence-corrected chi connectivity index (χ4v) is 4.94. The third-order valence-corrected chi connectivity index (χ3v) is 6.50. The van der Waals surface area contributed by atoms with Crippen molar-refractivity contribution < 1.29 is 0 Å². The van der Waals surface area contributed by atoms with Crippen molar-refractivity contribution in [1.82, 2.24) is 4.90 Å². The van der Waals surface area contributed by atoms with Crippen molar-refractivity contribution in [3.8, 4) is 6.07 Å². The van der Waals surface area contributed by atoms with Crippen molar-refractivity contribution in [2.75, 3.05) is 18.8 Å². The van der Waals surface area contributed by atoms with Gasteiger partial charge in [0.1, 0.15) is 0 Å². The summed E-state index contributed by atoms with van der Waals surface area (Å²) >= 11 is 2.10. The van der Waals surface area contributed by atoms with E-state index in [0.717, 1.165) is 12.3 Å². The molecule has 0 bridgehead atoms. The third kappa shape index (κ3) is 4.15. The van der Waals surface area contributed by atoms with Crippen molar-refractivity contribution in [3.05, 3.63) is 0 Å². The van der Waals surface area contributed by atoms with Crippen LogP contribution in [0.3, 0.4) is 0 Å². The van der Waals surface area contributed by atoms with E-state index in [9.17, 15) is 5.26 Å². The lowest BCUT2D eigenvalue weighted by atomic mass is 9.76. The molecule has 0 aromatic rings. The van der Waals surface area contributed by atoms with E-state index in [4.69, 9.17) is 0 Å². The van der Waals surface area contributed by atoms with Gasteiger partial charge < -0.3 is 0 Å². The van der Waals surface area contributed by atoms with Gasteiger partial charge in [-0.2, -0.15) is 17.0 Å². The maximum absolute atomic E-state index is 9.50. The highest BCUT2D eigenvalue weighted by atomic mass is 32.2. The smallest absolute Gasteiger partial charge is 0.0672 e. The predicted octanol–water partition coefficient (Wildman–Crippen LogP) is 4.31. The van der Waals surface area contributed by atoms with Crippen LogP contribution in [0.15, 0.2) is 0 Å². The standard InChI is InChI=1S/C17H30N2S/c1-4-5-14-6-7-15(13-18)16(12-14)19-9-8-17(2,3)20-11-10-19/h14-16H,4-12H2,1-3H3. The van der Waals surface area contributed by atoms with Crippen molar-refractivity contribution in [1.29, 1.82) is 5.26 Å². The molecule has 3 heteroatoms. The Morgan fingerprint density at radius 1 is 1.30 bits per heavy atom. The van der Waals surface area contributed by atoms with E-state index in [-0.39, 0.29) is 5.92 Å². The number of nitrogens with zero attached hydrogens (tertiary/aromatic N) is 2. The van der Waals surface area contributed by atoms with E-state index in [1.54, 1.807) is 0 Å². The van der Waals surface area contributed by atoms with E-state index < -0.39 is 0 Å². The van der Waals surface area contributed by atoms with Gasteiger partial charge in [-0.1, -0.05) is 33.6 Å². The number of rotatable bonds is 3. The molecule has 2 fully saturated rings. The van der Waals surface area contributed by atoms with Crippen LogP contribution in [0.2, 0.25) is 0 Å². The summed E-state index contributed by atoms with van der Waals surface area (Å²) in [7, 11) is 0. The Balaban J connectivity index is 2.01. The van der Waals surface area contributed by atoms with Crippen LogP contribution in [0.4, 0.5) is 0 Å². The summed E-state index contributed by atoms with van der Waals surface area (Å²) in [5, 5.41) is 9.50. The minimum absolute atomic E-state index is 0.273. The maximum Gasteiger partial charge on any atom is 0.0672 e. The maximum atomic E-state index is 9.50. The van der Waals surface area contributed by atoms with Crippen LogP contribution in [0.25, 0.3) is 0 Å². The van der Waals surface area contributed by atoms with E-state index in [1.807, 2.05) is 0 Å². The van der Waals surface area contributed by atoms with Crippen LogP contribution >= 0.6 is 11.8 Å². The SMILES string of the molecule is CCCC1CCC(C#N)C(N2CCSC(C)(C)CC2)C1. The lowest BCUT2D eigenvalue weighted by Crippen LogP contribution is -2.45. The number of hydrogen-bond acceptors (Lipinski definition) is 3.